The van der Waals surface area contributed by atoms with Gasteiger partial charge in [-0.3, -0.25) is 4.98 Å². The molecule has 7 nitrogen and oxygen atoms in total. The molecule has 1 aromatic heterocycles. The fraction of sp³-hybridized carbons (Fsp3) is 0.562. The van der Waals surface area contributed by atoms with Crippen LogP contribution in [0.5, 0.6) is 0 Å². The average Bonchev–Trinajstić information content (AvgIpc) is 2.34. The van der Waals surface area contributed by atoms with Crippen LogP contribution in [0.4, 0.5) is 9.59 Å². The molecule has 23 heavy (non-hydrogen) atoms. The van der Waals surface area contributed by atoms with Gasteiger partial charge in [0.25, 0.3) is 0 Å². The highest BCUT2D eigenvalue weighted by atomic mass is 16.6. The third kappa shape index (κ3) is 8.04. The van der Waals surface area contributed by atoms with Crippen LogP contribution in [0.25, 0.3) is 0 Å². The Morgan fingerprint density at radius 2 is 1.70 bits per heavy atom. The maximum absolute atomic E-state index is 12.3. The van der Waals surface area contributed by atoms with Crippen molar-refractivity contribution in [2.45, 2.75) is 59.3 Å². The van der Waals surface area contributed by atoms with Crippen molar-refractivity contribution in [2.75, 3.05) is 0 Å². The topological polar surface area (TPSA) is 80.8 Å². The van der Waals surface area contributed by atoms with Crippen molar-refractivity contribution in [1.82, 2.24) is 15.4 Å². The van der Waals surface area contributed by atoms with Gasteiger partial charge in [-0.05, 0) is 53.7 Å². The number of rotatable bonds is 2. The number of hydrogen-bond donors (Lipinski definition) is 1. The fourth-order valence-electron chi connectivity index (χ4n) is 1.53. The maximum Gasteiger partial charge on any atom is 0.429 e. The zero-order valence-electron chi connectivity index (χ0n) is 14.5. The monoisotopic (exact) mass is 323 g/mol. The molecule has 2 amide bonds. The SMILES string of the molecule is CC(C)(C)OC(=O)NN(Cc1ccccn1)C(=O)OC(C)(C)C. The maximum atomic E-state index is 12.3. The second-order valence-corrected chi connectivity index (χ2v) is 7.00. The van der Waals surface area contributed by atoms with Gasteiger partial charge in [0.1, 0.15) is 11.2 Å². The Morgan fingerprint density at radius 1 is 1.09 bits per heavy atom. The number of pyridine rings is 1. The molecule has 0 bridgehead atoms. The summed E-state index contributed by atoms with van der Waals surface area (Å²) in [4.78, 5) is 28.3. The second kappa shape index (κ2) is 7.30. The molecule has 0 spiro atoms. The van der Waals surface area contributed by atoms with Crippen LogP contribution in [-0.2, 0) is 16.0 Å². The van der Waals surface area contributed by atoms with E-state index < -0.39 is 23.4 Å². The lowest BCUT2D eigenvalue weighted by atomic mass is 10.2. The first-order valence-electron chi connectivity index (χ1n) is 7.36. The van der Waals surface area contributed by atoms with E-state index in [9.17, 15) is 9.59 Å². The Hall–Kier alpha value is -2.31. The number of hydrogen-bond acceptors (Lipinski definition) is 5. The third-order valence-electron chi connectivity index (χ3n) is 2.29. The van der Waals surface area contributed by atoms with Gasteiger partial charge >= 0.3 is 12.2 Å². The lowest BCUT2D eigenvalue weighted by Gasteiger charge is -2.28. The molecular weight excluding hydrogens is 298 g/mol. The summed E-state index contributed by atoms with van der Waals surface area (Å²) in [6.07, 6.45) is 0.184. The second-order valence-electron chi connectivity index (χ2n) is 7.00. The number of carbonyl (C=O) groups excluding carboxylic acids is 2. The van der Waals surface area contributed by atoms with E-state index in [0.717, 1.165) is 5.01 Å². The molecule has 0 aromatic carbocycles. The standard InChI is InChI=1S/C16H25N3O4/c1-15(2,3)22-13(20)18-19(14(21)23-16(4,5)6)11-12-9-7-8-10-17-12/h7-10H,11H2,1-6H3,(H,18,20). The zero-order chi connectivity index (χ0) is 17.7. The van der Waals surface area contributed by atoms with Crippen molar-refractivity contribution >= 4 is 12.2 Å². The third-order valence-corrected chi connectivity index (χ3v) is 2.29. The quantitative estimate of drug-likeness (QED) is 0.845. The molecular formula is C16H25N3O4. The highest BCUT2D eigenvalue weighted by Gasteiger charge is 2.26. The Balaban J connectivity index is 2.83. The first-order chi connectivity index (χ1) is 10.5. The van der Waals surface area contributed by atoms with Gasteiger partial charge < -0.3 is 9.47 Å². The van der Waals surface area contributed by atoms with Crippen LogP contribution in [0.1, 0.15) is 47.2 Å². The van der Waals surface area contributed by atoms with Crippen LogP contribution in [0.15, 0.2) is 24.4 Å². The number of nitrogens with one attached hydrogen (secondary N) is 1. The van der Waals surface area contributed by atoms with Crippen molar-refractivity contribution < 1.29 is 19.1 Å². The van der Waals surface area contributed by atoms with Crippen LogP contribution >= 0.6 is 0 Å². The van der Waals surface area contributed by atoms with Crippen molar-refractivity contribution in [2.24, 2.45) is 0 Å². The van der Waals surface area contributed by atoms with Crippen molar-refractivity contribution in [3.63, 3.8) is 0 Å². The Bertz CT molecular complexity index is 532. The number of hydrazine groups is 1. The summed E-state index contributed by atoms with van der Waals surface area (Å²) in [6.45, 7) is 10.5. The Kier molecular flexibility index (Phi) is 5.95. The number of carbonyl (C=O) groups is 2. The molecule has 0 saturated carbocycles. The first-order valence-corrected chi connectivity index (χ1v) is 7.36. The van der Waals surface area contributed by atoms with Gasteiger partial charge in [0.05, 0.1) is 12.2 Å². The van der Waals surface area contributed by atoms with Gasteiger partial charge in [-0.15, -0.1) is 0 Å². The summed E-state index contributed by atoms with van der Waals surface area (Å²) in [5.74, 6) is 0. The average molecular weight is 323 g/mol. The van der Waals surface area contributed by atoms with E-state index in [2.05, 4.69) is 10.4 Å². The van der Waals surface area contributed by atoms with Crippen LogP contribution in [0.2, 0.25) is 0 Å². The molecule has 0 radical (unpaired) electrons. The number of amides is 2. The number of nitrogens with zero attached hydrogens (tertiary/aromatic N) is 2. The van der Waals surface area contributed by atoms with Gasteiger partial charge in [-0.1, -0.05) is 6.07 Å². The molecule has 0 aliphatic rings. The largest absolute Gasteiger partial charge is 0.443 e. The summed E-state index contributed by atoms with van der Waals surface area (Å²) in [5.41, 5.74) is 1.65. The van der Waals surface area contributed by atoms with E-state index in [-0.39, 0.29) is 6.54 Å². The van der Waals surface area contributed by atoms with Crippen LogP contribution in [0, 0.1) is 0 Å². The molecule has 1 N–H and O–H groups in total. The van der Waals surface area contributed by atoms with E-state index in [1.54, 1.807) is 65.9 Å². The Labute approximate surface area is 136 Å². The fourth-order valence-corrected chi connectivity index (χ4v) is 1.53. The molecule has 0 aliphatic carbocycles. The van der Waals surface area contributed by atoms with Crippen LogP contribution in [0.3, 0.4) is 0 Å². The summed E-state index contributed by atoms with van der Waals surface area (Å²) in [6, 6.07) is 5.31. The van der Waals surface area contributed by atoms with Crippen molar-refractivity contribution in [3.8, 4) is 0 Å². The summed E-state index contributed by atoms with van der Waals surface area (Å²) >= 11 is 0. The van der Waals surface area contributed by atoms with Crippen LogP contribution < -0.4 is 5.43 Å². The highest BCUT2D eigenvalue weighted by molar-refractivity contribution is 5.74. The zero-order valence-corrected chi connectivity index (χ0v) is 14.5. The highest BCUT2D eigenvalue weighted by Crippen LogP contribution is 2.12. The number of ether oxygens (including phenoxy) is 2. The first kappa shape index (κ1) is 18.7. The van der Waals surface area contributed by atoms with Crippen molar-refractivity contribution in [1.29, 1.82) is 0 Å². The molecule has 1 aromatic rings. The molecule has 1 heterocycles. The smallest absolute Gasteiger partial charge is 0.429 e. The molecule has 128 valence electrons. The summed E-state index contributed by atoms with van der Waals surface area (Å²) < 4.78 is 10.5. The Morgan fingerprint density at radius 3 is 2.17 bits per heavy atom. The molecule has 0 aliphatic heterocycles. The molecule has 0 saturated heterocycles. The lowest BCUT2D eigenvalue weighted by Crippen LogP contribution is -2.49. The van der Waals surface area contributed by atoms with E-state index in [4.69, 9.17) is 9.47 Å². The summed E-state index contributed by atoms with van der Waals surface area (Å²) in [5, 5.41) is 1.04. The van der Waals surface area contributed by atoms with E-state index in [1.165, 1.54) is 0 Å². The number of aromatic nitrogens is 1. The minimum Gasteiger partial charge on any atom is -0.443 e. The van der Waals surface area contributed by atoms with E-state index in [1.807, 2.05) is 0 Å². The predicted molar refractivity (Wildman–Crippen MR) is 85.4 cm³/mol. The molecule has 7 heteroatoms. The van der Waals surface area contributed by atoms with Gasteiger partial charge in [0.2, 0.25) is 0 Å². The summed E-state index contributed by atoms with van der Waals surface area (Å²) in [7, 11) is 0. The van der Waals surface area contributed by atoms with E-state index >= 15 is 0 Å². The molecule has 0 atom stereocenters. The van der Waals surface area contributed by atoms with Gasteiger partial charge in [0.15, 0.2) is 0 Å². The van der Waals surface area contributed by atoms with Gasteiger partial charge in [-0.25, -0.2) is 20.0 Å². The normalized spacial score (nSPS) is 11.6. The van der Waals surface area contributed by atoms with Crippen molar-refractivity contribution in [3.05, 3.63) is 30.1 Å². The minimum atomic E-state index is -0.737. The predicted octanol–water partition coefficient (Wildman–Crippen LogP) is 3.26. The lowest BCUT2D eigenvalue weighted by molar-refractivity contribution is -0.000922. The van der Waals surface area contributed by atoms with Crippen LogP contribution in [-0.4, -0.2) is 33.4 Å². The van der Waals surface area contributed by atoms with Gasteiger partial charge in [0, 0.05) is 6.20 Å². The minimum absolute atomic E-state index is 0.0645. The van der Waals surface area contributed by atoms with E-state index in [0.29, 0.717) is 5.69 Å². The molecule has 0 fully saturated rings. The molecule has 0 unspecified atom stereocenters. The van der Waals surface area contributed by atoms with Gasteiger partial charge in [-0.2, -0.15) is 0 Å². The molecule has 1 rings (SSSR count).